The summed E-state index contributed by atoms with van der Waals surface area (Å²) in [5.41, 5.74) is 2.20. The van der Waals surface area contributed by atoms with Crippen LogP contribution >= 0.6 is 0 Å². The van der Waals surface area contributed by atoms with E-state index in [0.717, 1.165) is 25.7 Å². The highest BCUT2D eigenvalue weighted by Crippen LogP contribution is 2.25. The lowest BCUT2D eigenvalue weighted by Gasteiger charge is -2.33. The van der Waals surface area contributed by atoms with Crippen molar-refractivity contribution in [2.75, 3.05) is 12.0 Å². The quantitative estimate of drug-likeness (QED) is 0.656. The van der Waals surface area contributed by atoms with Crippen molar-refractivity contribution in [2.45, 2.75) is 45.1 Å². The highest BCUT2D eigenvalue weighted by atomic mass is 19.1. The lowest BCUT2D eigenvalue weighted by molar-refractivity contribution is 0.0643. The van der Waals surface area contributed by atoms with Gasteiger partial charge in [-0.3, -0.25) is 4.79 Å². The number of anilines is 1. The van der Waals surface area contributed by atoms with Crippen LogP contribution < -0.4 is 11.3 Å². The van der Waals surface area contributed by atoms with E-state index in [1.165, 1.54) is 18.7 Å². The van der Waals surface area contributed by atoms with Crippen molar-refractivity contribution in [3.8, 4) is 0 Å². The van der Waals surface area contributed by atoms with Crippen LogP contribution in [0.15, 0.2) is 12.3 Å². The zero-order chi connectivity index (χ0) is 14.5. The minimum atomic E-state index is -0.686. The largest absolute Gasteiger partial charge is 0.336 e. The summed E-state index contributed by atoms with van der Waals surface area (Å²) in [5.74, 6) is 4.12. The van der Waals surface area contributed by atoms with Gasteiger partial charge in [0.25, 0.3) is 5.91 Å². The van der Waals surface area contributed by atoms with Crippen molar-refractivity contribution >= 4 is 11.7 Å². The molecule has 0 bridgehead atoms. The summed E-state index contributed by atoms with van der Waals surface area (Å²) in [6.07, 6.45) is 6.85. The first kappa shape index (κ1) is 14.7. The molecule has 5 nitrogen and oxygen atoms in total. The summed E-state index contributed by atoms with van der Waals surface area (Å²) >= 11 is 0. The van der Waals surface area contributed by atoms with Crippen LogP contribution in [0.1, 0.15) is 49.4 Å². The third-order valence-corrected chi connectivity index (χ3v) is 3.87. The second-order valence-electron chi connectivity index (χ2n) is 5.05. The van der Waals surface area contributed by atoms with Gasteiger partial charge in [-0.2, -0.15) is 0 Å². The fraction of sp³-hybridized carbons (Fsp3) is 0.571. The number of nitrogens with two attached hydrogens (primary N) is 1. The number of hydrazine groups is 1. The number of amides is 1. The molecule has 0 radical (unpaired) electrons. The van der Waals surface area contributed by atoms with Gasteiger partial charge in [0.05, 0.1) is 5.56 Å². The Labute approximate surface area is 118 Å². The van der Waals surface area contributed by atoms with Crippen LogP contribution in [-0.4, -0.2) is 28.4 Å². The van der Waals surface area contributed by atoms with Crippen molar-refractivity contribution in [3.63, 3.8) is 0 Å². The molecule has 0 saturated heterocycles. The Morgan fingerprint density at radius 1 is 1.50 bits per heavy atom. The predicted octanol–water partition coefficient (Wildman–Crippen LogP) is 2.30. The molecule has 20 heavy (non-hydrogen) atoms. The predicted molar refractivity (Wildman–Crippen MR) is 75.6 cm³/mol. The van der Waals surface area contributed by atoms with E-state index in [0.29, 0.717) is 6.54 Å². The van der Waals surface area contributed by atoms with Gasteiger partial charge in [0.2, 0.25) is 0 Å². The van der Waals surface area contributed by atoms with Crippen molar-refractivity contribution in [1.82, 2.24) is 9.88 Å². The van der Waals surface area contributed by atoms with E-state index in [1.54, 1.807) is 4.90 Å². The summed E-state index contributed by atoms with van der Waals surface area (Å²) in [6, 6.07) is 1.62. The van der Waals surface area contributed by atoms with Gasteiger partial charge < -0.3 is 10.3 Å². The highest BCUT2D eigenvalue weighted by Gasteiger charge is 2.27. The first-order chi connectivity index (χ1) is 9.69. The molecule has 0 spiro atoms. The lowest BCUT2D eigenvalue weighted by Crippen LogP contribution is -2.41. The van der Waals surface area contributed by atoms with Gasteiger partial charge in [-0.1, -0.05) is 19.3 Å². The molecule has 6 heteroatoms. The van der Waals surface area contributed by atoms with Crippen molar-refractivity contribution in [1.29, 1.82) is 0 Å². The standard InChI is InChI=1S/C14H21FN4O/c1-2-19(10-6-4-3-5-7-10)14(20)11-8-9-17-13(18-16)12(11)15/h8-10H,2-7,16H2,1H3,(H,17,18). The molecule has 3 N–H and O–H groups in total. The Kier molecular flexibility index (Phi) is 4.89. The average Bonchev–Trinajstić information content (AvgIpc) is 2.49. The third kappa shape index (κ3) is 2.90. The number of pyridine rings is 1. The van der Waals surface area contributed by atoms with Crippen LogP contribution in [-0.2, 0) is 0 Å². The van der Waals surface area contributed by atoms with Crippen LogP contribution in [0, 0.1) is 5.82 Å². The molecule has 0 aliphatic heterocycles. The van der Waals surface area contributed by atoms with Crippen LogP contribution in [0.2, 0.25) is 0 Å². The first-order valence-corrected chi connectivity index (χ1v) is 7.11. The van der Waals surface area contributed by atoms with E-state index in [-0.39, 0.29) is 23.3 Å². The third-order valence-electron chi connectivity index (χ3n) is 3.87. The molecular formula is C14H21FN4O. The number of nitrogen functional groups attached to an aromatic ring is 1. The molecule has 1 heterocycles. The highest BCUT2D eigenvalue weighted by molar-refractivity contribution is 5.95. The van der Waals surface area contributed by atoms with Crippen molar-refractivity contribution < 1.29 is 9.18 Å². The minimum absolute atomic E-state index is 0.0281. The average molecular weight is 280 g/mol. The van der Waals surface area contributed by atoms with E-state index >= 15 is 0 Å². The monoisotopic (exact) mass is 280 g/mol. The van der Waals surface area contributed by atoms with E-state index in [1.807, 2.05) is 6.92 Å². The Bertz CT molecular complexity index is 474. The van der Waals surface area contributed by atoms with Crippen molar-refractivity contribution in [2.24, 2.45) is 5.84 Å². The molecule has 0 atom stereocenters. The summed E-state index contributed by atoms with van der Waals surface area (Å²) in [5, 5.41) is 0. The Morgan fingerprint density at radius 3 is 2.80 bits per heavy atom. The van der Waals surface area contributed by atoms with Gasteiger partial charge >= 0.3 is 0 Å². The van der Waals surface area contributed by atoms with E-state index in [9.17, 15) is 9.18 Å². The zero-order valence-electron chi connectivity index (χ0n) is 11.7. The SMILES string of the molecule is CCN(C(=O)c1ccnc(NN)c1F)C1CCCCC1. The van der Waals surface area contributed by atoms with Gasteiger partial charge in [0.15, 0.2) is 11.6 Å². The van der Waals surface area contributed by atoms with Gasteiger partial charge in [-0.15, -0.1) is 0 Å². The molecule has 1 aromatic heterocycles. The number of carbonyl (C=O) groups excluding carboxylic acids is 1. The second-order valence-corrected chi connectivity index (χ2v) is 5.05. The molecule has 1 aliphatic rings. The van der Waals surface area contributed by atoms with Crippen LogP contribution in [0.3, 0.4) is 0 Å². The molecule has 2 rings (SSSR count). The molecule has 1 saturated carbocycles. The Balaban J connectivity index is 2.24. The first-order valence-electron chi connectivity index (χ1n) is 7.11. The number of hydrogen-bond donors (Lipinski definition) is 2. The van der Waals surface area contributed by atoms with E-state index in [2.05, 4.69) is 10.4 Å². The maximum absolute atomic E-state index is 14.1. The number of hydrogen-bond acceptors (Lipinski definition) is 4. The number of rotatable bonds is 4. The maximum Gasteiger partial charge on any atom is 0.257 e. The number of halogens is 1. The fourth-order valence-electron chi connectivity index (χ4n) is 2.82. The summed E-state index contributed by atoms with van der Waals surface area (Å²) in [4.78, 5) is 18.1. The lowest BCUT2D eigenvalue weighted by atomic mass is 9.93. The van der Waals surface area contributed by atoms with Gasteiger partial charge in [-0.25, -0.2) is 15.2 Å². The summed E-state index contributed by atoms with van der Waals surface area (Å²) in [7, 11) is 0. The number of nitrogens with zero attached hydrogens (tertiary/aromatic N) is 2. The Hall–Kier alpha value is -1.69. The van der Waals surface area contributed by atoms with Crippen molar-refractivity contribution in [3.05, 3.63) is 23.6 Å². The second kappa shape index (κ2) is 6.65. The molecule has 110 valence electrons. The van der Waals surface area contributed by atoms with E-state index < -0.39 is 5.82 Å². The number of aromatic nitrogens is 1. The maximum atomic E-state index is 14.1. The molecule has 1 aliphatic carbocycles. The molecular weight excluding hydrogens is 259 g/mol. The number of nitrogens with one attached hydrogen (secondary N) is 1. The molecule has 0 unspecified atom stereocenters. The normalized spacial score (nSPS) is 15.9. The molecule has 1 amide bonds. The molecule has 0 aromatic carbocycles. The van der Waals surface area contributed by atoms with Gasteiger partial charge in [0.1, 0.15) is 0 Å². The molecule has 1 aromatic rings. The number of carbonyl (C=O) groups is 1. The minimum Gasteiger partial charge on any atom is -0.336 e. The zero-order valence-corrected chi connectivity index (χ0v) is 11.7. The van der Waals surface area contributed by atoms with Gasteiger partial charge in [0, 0.05) is 18.8 Å². The van der Waals surface area contributed by atoms with Crippen LogP contribution in [0.4, 0.5) is 10.2 Å². The van der Waals surface area contributed by atoms with Crippen LogP contribution in [0.5, 0.6) is 0 Å². The van der Waals surface area contributed by atoms with E-state index in [4.69, 9.17) is 5.84 Å². The fourth-order valence-corrected chi connectivity index (χ4v) is 2.82. The smallest absolute Gasteiger partial charge is 0.257 e. The topological polar surface area (TPSA) is 71.2 Å². The summed E-state index contributed by atoms with van der Waals surface area (Å²) in [6.45, 7) is 2.50. The van der Waals surface area contributed by atoms with Gasteiger partial charge in [-0.05, 0) is 25.8 Å². The van der Waals surface area contributed by atoms with Crippen LogP contribution in [0.25, 0.3) is 0 Å². The summed E-state index contributed by atoms with van der Waals surface area (Å²) < 4.78 is 14.1. The Morgan fingerprint density at radius 2 is 2.20 bits per heavy atom. The molecule has 1 fully saturated rings.